The lowest BCUT2D eigenvalue weighted by atomic mass is 10.1. The van der Waals surface area contributed by atoms with Crippen molar-refractivity contribution in [2.45, 2.75) is 25.5 Å². The van der Waals surface area contributed by atoms with Crippen molar-refractivity contribution in [3.05, 3.63) is 59.2 Å². The predicted octanol–water partition coefficient (Wildman–Crippen LogP) is 2.70. The van der Waals surface area contributed by atoms with Crippen LogP contribution < -0.4 is 10.1 Å². The van der Waals surface area contributed by atoms with Crippen molar-refractivity contribution in [2.75, 3.05) is 12.9 Å². The zero-order valence-corrected chi connectivity index (χ0v) is 16.3. The second-order valence-electron chi connectivity index (χ2n) is 5.99. The van der Waals surface area contributed by atoms with Crippen molar-refractivity contribution >= 4 is 17.7 Å². The molecule has 0 radical (unpaired) electrons. The van der Waals surface area contributed by atoms with Gasteiger partial charge in [-0.05, 0) is 41.5 Å². The molecule has 0 bridgehead atoms. The van der Waals surface area contributed by atoms with E-state index in [0.717, 1.165) is 28.1 Å². The summed E-state index contributed by atoms with van der Waals surface area (Å²) >= 11 is 1.30. The van der Waals surface area contributed by atoms with E-state index in [1.54, 1.807) is 11.8 Å². The van der Waals surface area contributed by atoms with E-state index in [9.17, 15) is 4.79 Å². The fraction of sp³-hybridized carbons (Fsp3) is 0.263. The van der Waals surface area contributed by atoms with Gasteiger partial charge in [-0.2, -0.15) is 4.68 Å². The maximum absolute atomic E-state index is 12.2. The zero-order valence-electron chi connectivity index (χ0n) is 15.5. The number of hydrogen-bond donors (Lipinski definition) is 1. The minimum absolute atomic E-state index is 0.0954. The van der Waals surface area contributed by atoms with E-state index in [4.69, 9.17) is 4.74 Å². The fourth-order valence-electron chi connectivity index (χ4n) is 2.77. The van der Waals surface area contributed by atoms with E-state index in [2.05, 4.69) is 20.8 Å². The molecule has 0 aliphatic carbocycles. The summed E-state index contributed by atoms with van der Waals surface area (Å²) in [6.45, 7) is 4.43. The van der Waals surface area contributed by atoms with E-state index in [-0.39, 0.29) is 11.7 Å². The van der Waals surface area contributed by atoms with Gasteiger partial charge in [0.05, 0.1) is 18.6 Å². The number of nitrogens with one attached hydrogen (secondary N) is 1. The average Bonchev–Trinajstić information content (AvgIpc) is 3.13. The van der Waals surface area contributed by atoms with Crippen LogP contribution >= 0.6 is 11.8 Å². The molecule has 7 nitrogen and oxygen atoms in total. The highest BCUT2D eigenvalue weighted by molar-refractivity contribution is 7.99. The minimum atomic E-state index is -0.0954. The lowest BCUT2D eigenvalue weighted by Crippen LogP contribution is -2.25. The molecule has 1 amide bonds. The van der Waals surface area contributed by atoms with Crippen molar-refractivity contribution in [2.24, 2.45) is 0 Å². The largest absolute Gasteiger partial charge is 0.496 e. The molecule has 1 N–H and O–H groups in total. The fourth-order valence-corrected chi connectivity index (χ4v) is 3.48. The molecule has 1 aromatic heterocycles. The van der Waals surface area contributed by atoms with Gasteiger partial charge in [0.15, 0.2) is 0 Å². The van der Waals surface area contributed by atoms with Crippen molar-refractivity contribution in [1.82, 2.24) is 25.5 Å². The molecule has 0 unspecified atom stereocenters. The quantitative estimate of drug-likeness (QED) is 0.632. The maximum atomic E-state index is 12.2. The number of aromatic nitrogens is 4. The number of tetrazole rings is 1. The van der Waals surface area contributed by atoms with E-state index >= 15 is 0 Å². The third-order valence-corrected chi connectivity index (χ3v) is 5.01. The van der Waals surface area contributed by atoms with Gasteiger partial charge in [-0.3, -0.25) is 4.79 Å². The number of amides is 1. The second-order valence-corrected chi connectivity index (χ2v) is 6.93. The molecule has 2 aromatic carbocycles. The number of benzene rings is 2. The molecule has 140 valence electrons. The molecule has 0 fully saturated rings. The molecule has 0 aliphatic heterocycles. The van der Waals surface area contributed by atoms with Gasteiger partial charge >= 0.3 is 0 Å². The first kappa shape index (κ1) is 18.9. The molecule has 8 heteroatoms. The van der Waals surface area contributed by atoms with Gasteiger partial charge in [0.25, 0.3) is 0 Å². The smallest absolute Gasteiger partial charge is 0.230 e. The molecule has 0 spiro atoms. The van der Waals surface area contributed by atoms with E-state index < -0.39 is 0 Å². The summed E-state index contributed by atoms with van der Waals surface area (Å²) in [4.78, 5) is 12.2. The number of rotatable bonds is 7. The molecular weight excluding hydrogens is 362 g/mol. The minimum Gasteiger partial charge on any atom is -0.496 e. The highest BCUT2D eigenvalue weighted by Gasteiger charge is 2.15. The number of methoxy groups -OCH3 is 1. The van der Waals surface area contributed by atoms with Crippen LogP contribution in [0.5, 0.6) is 5.75 Å². The Balaban J connectivity index is 1.63. The first-order chi connectivity index (χ1) is 13.1. The van der Waals surface area contributed by atoms with Crippen LogP contribution in [0.25, 0.3) is 5.69 Å². The Labute approximate surface area is 162 Å². The summed E-state index contributed by atoms with van der Waals surface area (Å²) < 4.78 is 6.98. The van der Waals surface area contributed by atoms with E-state index in [1.165, 1.54) is 11.8 Å². The first-order valence-electron chi connectivity index (χ1n) is 8.46. The van der Waals surface area contributed by atoms with Crippen LogP contribution in [0.1, 0.15) is 16.7 Å². The standard InChI is InChI=1S/C19H21N5O2S/c1-13-7-6-8-14(2)18(13)24-19(21-22-23-24)27-12-17(25)20-11-15-9-4-5-10-16(15)26-3/h4-10H,11-12H2,1-3H3,(H,20,25). The van der Waals surface area contributed by atoms with Gasteiger partial charge in [-0.25, -0.2) is 0 Å². The predicted molar refractivity (Wildman–Crippen MR) is 104 cm³/mol. The topological polar surface area (TPSA) is 81.9 Å². The number of ether oxygens (including phenoxy) is 1. The number of nitrogens with zero attached hydrogens (tertiary/aromatic N) is 4. The summed E-state index contributed by atoms with van der Waals surface area (Å²) in [5.41, 5.74) is 4.02. The van der Waals surface area contributed by atoms with Crippen LogP contribution in [0.15, 0.2) is 47.6 Å². The summed E-state index contributed by atoms with van der Waals surface area (Å²) in [7, 11) is 1.61. The van der Waals surface area contributed by atoms with Gasteiger partial charge in [-0.1, -0.05) is 48.2 Å². The second kappa shape index (κ2) is 8.68. The zero-order chi connectivity index (χ0) is 19.2. The van der Waals surface area contributed by atoms with Gasteiger partial charge in [0, 0.05) is 12.1 Å². The molecule has 0 saturated carbocycles. The summed E-state index contributed by atoms with van der Waals surface area (Å²) in [6.07, 6.45) is 0. The molecule has 0 atom stereocenters. The van der Waals surface area contributed by atoms with Gasteiger partial charge in [-0.15, -0.1) is 5.10 Å². The van der Waals surface area contributed by atoms with Crippen molar-refractivity contribution < 1.29 is 9.53 Å². The molecular formula is C19H21N5O2S. The Bertz CT molecular complexity index is 921. The van der Waals surface area contributed by atoms with Crippen molar-refractivity contribution in [1.29, 1.82) is 0 Å². The Morgan fingerprint density at radius 1 is 1.15 bits per heavy atom. The maximum Gasteiger partial charge on any atom is 0.230 e. The van der Waals surface area contributed by atoms with E-state index in [0.29, 0.717) is 11.7 Å². The summed E-state index contributed by atoms with van der Waals surface area (Å²) in [5.74, 6) is 0.881. The average molecular weight is 383 g/mol. The first-order valence-corrected chi connectivity index (χ1v) is 9.45. The number of carbonyl (C=O) groups is 1. The SMILES string of the molecule is COc1ccccc1CNC(=O)CSc1nnnn1-c1c(C)cccc1C. The third-order valence-electron chi connectivity index (χ3n) is 4.09. The molecule has 3 rings (SSSR count). The lowest BCUT2D eigenvalue weighted by Gasteiger charge is -2.11. The third kappa shape index (κ3) is 4.46. The van der Waals surface area contributed by atoms with Crippen LogP contribution in [-0.2, 0) is 11.3 Å². The van der Waals surface area contributed by atoms with Crippen LogP contribution in [0.3, 0.4) is 0 Å². The molecule has 1 heterocycles. The number of thioether (sulfide) groups is 1. The Kier molecular flexibility index (Phi) is 6.08. The number of carbonyl (C=O) groups excluding carboxylic acids is 1. The van der Waals surface area contributed by atoms with Crippen LogP contribution in [-0.4, -0.2) is 39.0 Å². The number of para-hydroxylation sites is 2. The molecule has 3 aromatic rings. The van der Waals surface area contributed by atoms with Crippen molar-refractivity contribution in [3.8, 4) is 11.4 Å². The van der Waals surface area contributed by atoms with Crippen LogP contribution in [0, 0.1) is 13.8 Å². The van der Waals surface area contributed by atoms with E-state index in [1.807, 2.05) is 56.3 Å². The molecule has 0 saturated heterocycles. The van der Waals surface area contributed by atoms with Crippen LogP contribution in [0.2, 0.25) is 0 Å². The summed E-state index contributed by atoms with van der Waals surface area (Å²) in [5, 5.41) is 15.4. The Hall–Kier alpha value is -2.87. The molecule has 27 heavy (non-hydrogen) atoms. The lowest BCUT2D eigenvalue weighted by molar-refractivity contribution is -0.118. The Morgan fingerprint density at radius 2 is 1.89 bits per heavy atom. The van der Waals surface area contributed by atoms with Gasteiger partial charge < -0.3 is 10.1 Å². The van der Waals surface area contributed by atoms with Crippen LogP contribution in [0.4, 0.5) is 0 Å². The summed E-state index contributed by atoms with van der Waals surface area (Å²) in [6, 6.07) is 13.6. The Morgan fingerprint density at radius 3 is 2.63 bits per heavy atom. The normalized spacial score (nSPS) is 10.6. The van der Waals surface area contributed by atoms with Gasteiger partial charge in [0.2, 0.25) is 11.1 Å². The van der Waals surface area contributed by atoms with Gasteiger partial charge in [0.1, 0.15) is 5.75 Å². The van der Waals surface area contributed by atoms with Crippen molar-refractivity contribution in [3.63, 3.8) is 0 Å². The number of aryl methyl sites for hydroxylation is 2. The monoisotopic (exact) mass is 383 g/mol. The molecule has 0 aliphatic rings. The number of hydrogen-bond acceptors (Lipinski definition) is 6. The highest BCUT2D eigenvalue weighted by atomic mass is 32.2. The highest BCUT2D eigenvalue weighted by Crippen LogP contribution is 2.23.